The van der Waals surface area contributed by atoms with Gasteiger partial charge >= 0.3 is 0 Å². The lowest BCUT2D eigenvalue weighted by Crippen LogP contribution is -2.19. The molecular weight excluding hydrogens is 210 g/mol. The predicted molar refractivity (Wildman–Crippen MR) is 59.1 cm³/mol. The maximum absolute atomic E-state index is 11.2. The Bertz CT molecular complexity index is 440. The molecule has 0 bridgehead atoms. The van der Waals surface area contributed by atoms with Gasteiger partial charge < -0.3 is 10.1 Å². The molecule has 0 spiro atoms. The highest BCUT2D eigenvalue weighted by Gasteiger charge is 2.41. The largest absolute Gasteiger partial charge is 0.365 e. The summed E-state index contributed by atoms with van der Waals surface area (Å²) in [5, 5.41) is 2.88. The molecule has 3 rings (SSSR count). The number of hydrogen-bond acceptors (Lipinski definition) is 3. The van der Waals surface area contributed by atoms with E-state index in [2.05, 4.69) is 24.4 Å². The van der Waals surface area contributed by atoms with Gasteiger partial charge in [-0.1, -0.05) is 6.07 Å². The maximum atomic E-state index is 11.2. The van der Waals surface area contributed by atoms with E-state index in [1.165, 1.54) is 0 Å². The van der Waals surface area contributed by atoms with Crippen LogP contribution in [0.2, 0.25) is 0 Å². The molecule has 0 saturated carbocycles. The monoisotopic (exact) mass is 221 g/mol. The van der Waals surface area contributed by atoms with Crippen LogP contribution in [0.25, 0.3) is 0 Å². The summed E-state index contributed by atoms with van der Waals surface area (Å²) < 4.78 is 5.38. The van der Waals surface area contributed by atoms with Crippen molar-refractivity contribution in [2.75, 3.05) is 17.7 Å². The van der Waals surface area contributed by atoms with Crippen molar-refractivity contribution in [3.63, 3.8) is 0 Å². The summed E-state index contributed by atoms with van der Waals surface area (Å²) in [6.45, 7) is 2.83. The molecule has 0 aromatic heterocycles. The third kappa shape index (κ3) is 1.54. The first-order valence-electron chi connectivity index (χ1n) is 4.88. The highest BCUT2D eigenvalue weighted by molar-refractivity contribution is 8.00. The summed E-state index contributed by atoms with van der Waals surface area (Å²) in [5.41, 5.74) is 1.94. The average Bonchev–Trinajstić information content (AvgIpc) is 2.97. The summed E-state index contributed by atoms with van der Waals surface area (Å²) in [6, 6.07) is 6.16. The van der Waals surface area contributed by atoms with Crippen LogP contribution in [0.15, 0.2) is 23.1 Å². The topological polar surface area (TPSA) is 41.6 Å². The van der Waals surface area contributed by atoms with Gasteiger partial charge in [0.25, 0.3) is 0 Å². The van der Waals surface area contributed by atoms with Gasteiger partial charge in [-0.05, 0) is 24.6 Å². The first-order valence-corrected chi connectivity index (χ1v) is 5.87. The summed E-state index contributed by atoms with van der Waals surface area (Å²) in [7, 11) is 0. The van der Waals surface area contributed by atoms with Crippen molar-refractivity contribution >= 4 is 23.4 Å². The molecule has 2 aliphatic rings. The molecule has 1 N–H and O–H groups in total. The summed E-state index contributed by atoms with van der Waals surface area (Å²) >= 11 is 1.58. The Labute approximate surface area is 92.2 Å². The molecule has 1 amide bonds. The molecule has 1 aromatic rings. The lowest BCUT2D eigenvalue weighted by Gasteiger charge is -2.18. The minimum atomic E-state index is -0.123. The second kappa shape index (κ2) is 3.00. The van der Waals surface area contributed by atoms with Crippen molar-refractivity contribution in [3.05, 3.63) is 23.8 Å². The number of amides is 1. The summed E-state index contributed by atoms with van der Waals surface area (Å²) in [6.07, 6.45) is 0. The van der Waals surface area contributed by atoms with Crippen LogP contribution in [0.4, 0.5) is 5.69 Å². The smallest absolute Gasteiger partial charge is 0.234 e. The Balaban J connectivity index is 2.01. The number of anilines is 1. The van der Waals surface area contributed by atoms with Crippen molar-refractivity contribution in [1.82, 2.24) is 0 Å². The standard InChI is InChI=1S/C11H11NO2S/c1-11(6-14-11)7-2-3-9-8(4-7)12-10(13)5-15-9/h2-4H,5-6H2,1H3,(H,12,13). The Morgan fingerprint density at radius 2 is 2.33 bits per heavy atom. The number of benzene rings is 1. The highest BCUT2D eigenvalue weighted by atomic mass is 32.2. The molecule has 4 heteroatoms. The third-order valence-electron chi connectivity index (χ3n) is 2.80. The molecule has 2 aliphatic heterocycles. The lowest BCUT2D eigenvalue weighted by molar-refractivity contribution is -0.113. The number of thioether (sulfide) groups is 1. The SMILES string of the molecule is CC1(c2ccc3c(c2)NC(=O)CS3)CO1. The van der Waals surface area contributed by atoms with E-state index in [0.29, 0.717) is 5.75 Å². The zero-order valence-electron chi connectivity index (χ0n) is 8.37. The van der Waals surface area contributed by atoms with Gasteiger partial charge in [0.15, 0.2) is 0 Å². The van der Waals surface area contributed by atoms with Gasteiger partial charge in [-0.15, -0.1) is 11.8 Å². The fraction of sp³-hybridized carbons (Fsp3) is 0.364. The quantitative estimate of drug-likeness (QED) is 0.737. The van der Waals surface area contributed by atoms with E-state index in [1.807, 2.05) is 6.07 Å². The Morgan fingerprint density at radius 1 is 1.53 bits per heavy atom. The van der Waals surface area contributed by atoms with Crippen LogP contribution in [0, 0.1) is 0 Å². The third-order valence-corrected chi connectivity index (χ3v) is 3.87. The van der Waals surface area contributed by atoms with E-state index in [0.717, 1.165) is 22.8 Å². The van der Waals surface area contributed by atoms with Crippen molar-refractivity contribution < 1.29 is 9.53 Å². The minimum absolute atomic E-state index is 0.0755. The number of fused-ring (bicyclic) bond motifs is 1. The van der Waals surface area contributed by atoms with Crippen molar-refractivity contribution in [3.8, 4) is 0 Å². The minimum Gasteiger partial charge on any atom is -0.365 e. The first kappa shape index (κ1) is 9.24. The Hall–Kier alpha value is -1.000. The zero-order valence-corrected chi connectivity index (χ0v) is 9.19. The van der Waals surface area contributed by atoms with Gasteiger partial charge in [0.1, 0.15) is 5.60 Å². The molecule has 3 nitrogen and oxygen atoms in total. The van der Waals surface area contributed by atoms with Crippen LogP contribution in [0.1, 0.15) is 12.5 Å². The second-order valence-corrected chi connectivity index (χ2v) is 5.08. The Kier molecular flexibility index (Phi) is 1.85. The van der Waals surface area contributed by atoms with Crippen LogP contribution in [-0.4, -0.2) is 18.3 Å². The fourth-order valence-corrected chi connectivity index (χ4v) is 2.48. The van der Waals surface area contributed by atoms with Crippen LogP contribution in [0.3, 0.4) is 0 Å². The summed E-state index contributed by atoms with van der Waals surface area (Å²) in [4.78, 5) is 12.4. The first-order chi connectivity index (χ1) is 7.17. The second-order valence-electron chi connectivity index (χ2n) is 4.07. The Morgan fingerprint density at radius 3 is 3.07 bits per heavy atom. The van der Waals surface area contributed by atoms with Gasteiger partial charge in [-0.25, -0.2) is 0 Å². The van der Waals surface area contributed by atoms with E-state index in [-0.39, 0.29) is 11.5 Å². The molecule has 0 aliphatic carbocycles. The van der Waals surface area contributed by atoms with Gasteiger partial charge in [0, 0.05) is 4.90 Å². The number of carbonyl (C=O) groups excluding carboxylic acids is 1. The van der Waals surface area contributed by atoms with Crippen molar-refractivity contribution in [1.29, 1.82) is 0 Å². The molecule has 1 saturated heterocycles. The molecule has 15 heavy (non-hydrogen) atoms. The van der Waals surface area contributed by atoms with Crippen molar-refractivity contribution in [2.24, 2.45) is 0 Å². The normalized spacial score (nSPS) is 28.2. The van der Waals surface area contributed by atoms with E-state index in [9.17, 15) is 4.79 Å². The van der Waals surface area contributed by atoms with Crippen molar-refractivity contribution in [2.45, 2.75) is 17.4 Å². The molecular formula is C11H11NO2S. The van der Waals surface area contributed by atoms with Crippen LogP contribution in [-0.2, 0) is 15.1 Å². The molecule has 0 radical (unpaired) electrons. The number of ether oxygens (including phenoxy) is 1. The van der Waals surface area contributed by atoms with E-state index in [1.54, 1.807) is 11.8 Å². The lowest BCUT2D eigenvalue weighted by atomic mass is 10.0. The van der Waals surface area contributed by atoms with Crippen LogP contribution >= 0.6 is 11.8 Å². The molecule has 78 valence electrons. The summed E-state index contributed by atoms with van der Waals surface area (Å²) in [5.74, 6) is 0.589. The molecule has 1 unspecified atom stereocenters. The highest BCUT2D eigenvalue weighted by Crippen LogP contribution is 2.41. The van der Waals surface area contributed by atoms with Gasteiger partial charge in [-0.2, -0.15) is 0 Å². The number of carbonyl (C=O) groups is 1. The number of nitrogens with one attached hydrogen (secondary N) is 1. The average molecular weight is 221 g/mol. The molecule has 1 fully saturated rings. The molecule has 1 aromatic carbocycles. The number of rotatable bonds is 1. The molecule has 2 heterocycles. The zero-order chi connectivity index (χ0) is 10.5. The van der Waals surface area contributed by atoms with Gasteiger partial charge in [0.2, 0.25) is 5.91 Å². The van der Waals surface area contributed by atoms with Crippen LogP contribution < -0.4 is 5.32 Å². The molecule has 1 atom stereocenters. The van der Waals surface area contributed by atoms with E-state index in [4.69, 9.17) is 4.74 Å². The van der Waals surface area contributed by atoms with Gasteiger partial charge in [0.05, 0.1) is 18.0 Å². The maximum Gasteiger partial charge on any atom is 0.234 e. The van der Waals surface area contributed by atoms with Gasteiger partial charge in [-0.3, -0.25) is 4.79 Å². The van der Waals surface area contributed by atoms with E-state index < -0.39 is 0 Å². The van der Waals surface area contributed by atoms with Crippen LogP contribution in [0.5, 0.6) is 0 Å². The number of hydrogen-bond donors (Lipinski definition) is 1. The number of epoxide rings is 1. The fourth-order valence-electron chi connectivity index (χ4n) is 1.69. The van der Waals surface area contributed by atoms with E-state index >= 15 is 0 Å². The predicted octanol–water partition coefficient (Wildman–Crippen LogP) is 1.98.